The Balaban J connectivity index is 0.000000748. The van der Waals surface area contributed by atoms with Crippen LogP contribution in [-0.4, -0.2) is 79.2 Å². The Morgan fingerprint density at radius 3 is 2.45 bits per heavy atom. The molecular formula is C30H40N4O7S. The van der Waals surface area contributed by atoms with E-state index in [1.807, 2.05) is 53.1 Å². The van der Waals surface area contributed by atoms with Crippen LogP contribution < -0.4 is 4.74 Å². The lowest BCUT2D eigenvalue weighted by Crippen LogP contribution is -2.38. The molecular weight excluding hydrogens is 560 g/mol. The largest absolute Gasteiger partial charge is 0.493 e. The average Bonchev–Trinajstić information content (AvgIpc) is 3.22. The highest BCUT2D eigenvalue weighted by molar-refractivity contribution is 7.85. The van der Waals surface area contributed by atoms with Gasteiger partial charge in [0.25, 0.3) is 16.0 Å². The fourth-order valence-electron chi connectivity index (χ4n) is 5.33. The third kappa shape index (κ3) is 9.90. The summed E-state index contributed by atoms with van der Waals surface area (Å²) >= 11 is 0. The number of benzene rings is 2. The van der Waals surface area contributed by atoms with E-state index in [-0.39, 0.29) is 18.2 Å². The molecule has 2 aliphatic rings. The summed E-state index contributed by atoms with van der Waals surface area (Å²) in [6, 6.07) is 15.3. The van der Waals surface area contributed by atoms with Crippen LogP contribution in [0.1, 0.15) is 37.7 Å². The molecule has 1 saturated heterocycles. The number of nitrogens with zero attached hydrogens (tertiary/aromatic N) is 4. The number of fused-ring (bicyclic) bond motifs is 1. The second-order valence-corrected chi connectivity index (χ2v) is 12.2. The van der Waals surface area contributed by atoms with Gasteiger partial charge in [-0.3, -0.25) is 14.2 Å². The number of carbonyl (C=O) groups excluding carboxylic acids is 1. The van der Waals surface area contributed by atoms with Crippen LogP contribution in [0.4, 0.5) is 5.69 Å². The molecule has 0 bridgehead atoms. The Labute approximate surface area is 246 Å². The first-order valence-electron chi connectivity index (χ1n) is 14.4. The maximum absolute atomic E-state index is 12.5. The summed E-state index contributed by atoms with van der Waals surface area (Å²) in [6.45, 7) is 5.54. The number of carbonyl (C=O) groups is 1. The Kier molecular flexibility index (Phi) is 11.5. The van der Waals surface area contributed by atoms with Gasteiger partial charge >= 0.3 is 0 Å². The highest BCUT2D eigenvalue weighted by atomic mass is 32.2. The molecule has 1 aliphatic heterocycles. The van der Waals surface area contributed by atoms with E-state index in [4.69, 9.17) is 14.0 Å². The SMILES string of the molecule is CS(=O)(=O)O.O=C(Cc1ccccc1)N=Nc1c(O)n(CC2CCCCC2)c2cc(OCCN3CCOCC3)ccc12. The van der Waals surface area contributed by atoms with Crippen LogP contribution in [0.2, 0.25) is 0 Å². The third-order valence-corrected chi connectivity index (χ3v) is 7.39. The number of ether oxygens (including phenoxy) is 2. The Bertz CT molecular complexity index is 1440. The van der Waals surface area contributed by atoms with Gasteiger partial charge in [-0.15, -0.1) is 10.2 Å². The first-order chi connectivity index (χ1) is 20.2. The smallest absolute Gasteiger partial charge is 0.269 e. The Hall–Kier alpha value is -3.32. The van der Waals surface area contributed by atoms with Crippen molar-refractivity contribution in [2.24, 2.45) is 16.1 Å². The van der Waals surface area contributed by atoms with E-state index in [1.165, 1.54) is 19.3 Å². The quantitative estimate of drug-likeness (QED) is 0.258. The number of aromatic nitrogens is 1. The van der Waals surface area contributed by atoms with E-state index in [2.05, 4.69) is 15.1 Å². The number of aromatic hydroxyl groups is 1. The molecule has 1 aromatic heterocycles. The zero-order valence-corrected chi connectivity index (χ0v) is 24.8. The van der Waals surface area contributed by atoms with Crippen LogP contribution in [0.25, 0.3) is 10.9 Å². The van der Waals surface area contributed by atoms with Gasteiger partial charge in [0.1, 0.15) is 12.4 Å². The summed E-state index contributed by atoms with van der Waals surface area (Å²) in [7, 11) is -3.67. The van der Waals surface area contributed by atoms with E-state index < -0.39 is 10.1 Å². The Morgan fingerprint density at radius 2 is 1.76 bits per heavy atom. The zero-order valence-electron chi connectivity index (χ0n) is 24.0. The third-order valence-electron chi connectivity index (χ3n) is 7.39. The first kappa shape index (κ1) is 31.6. The van der Waals surface area contributed by atoms with Crippen LogP contribution in [0.15, 0.2) is 58.8 Å². The van der Waals surface area contributed by atoms with Gasteiger partial charge in [0.15, 0.2) is 5.69 Å². The van der Waals surface area contributed by atoms with E-state index in [1.54, 1.807) is 0 Å². The minimum Gasteiger partial charge on any atom is -0.493 e. The van der Waals surface area contributed by atoms with E-state index in [9.17, 15) is 18.3 Å². The van der Waals surface area contributed by atoms with E-state index in [0.29, 0.717) is 31.0 Å². The fraction of sp³-hybridized carbons (Fsp3) is 0.500. The highest BCUT2D eigenvalue weighted by Gasteiger charge is 2.22. The molecule has 1 aliphatic carbocycles. The van der Waals surface area contributed by atoms with E-state index >= 15 is 0 Å². The van der Waals surface area contributed by atoms with Gasteiger partial charge < -0.3 is 19.1 Å². The standard InChI is InChI=1S/C29H36N4O4.CH4O3S/c34-27(19-22-7-3-1-4-8-22)30-31-28-25-12-11-24(37-18-15-32-13-16-36-17-14-32)20-26(25)33(29(28)35)21-23-9-5-2-6-10-23;1-5(2,3)4/h1,3-4,7-8,11-12,20,23,35H,2,5-6,9-10,13-19,21H2;1H3,(H,2,3,4). The van der Waals surface area contributed by atoms with Gasteiger partial charge in [0, 0.05) is 37.6 Å². The van der Waals surface area contributed by atoms with Gasteiger partial charge in [0.05, 0.1) is 31.4 Å². The van der Waals surface area contributed by atoms with Crippen LogP contribution in [0.5, 0.6) is 11.6 Å². The highest BCUT2D eigenvalue weighted by Crippen LogP contribution is 2.41. The molecule has 5 rings (SSSR count). The molecule has 0 radical (unpaired) electrons. The van der Waals surface area contributed by atoms with Crippen LogP contribution in [-0.2, 0) is 32.6 Å². The predicted molar refractivity (Wildman–Crippen MR) is 160 cm³/mol. The molecule has 12 heteroatoms. The van der Waals surface area contributed by atoms with Gasteiger partial charge in [-0.1, -0.05) is 49.6 Å². The zero-order chi connectivity index (χ0) is 30.0. The van der Waals surface area contributed by atoms with Crippen molar-refractivity contribution >= 4 is 32.6 Å². The number of amides is 1. The molecule has 2 fully saturated rings. The first-order valence-corrected chi connectivity index (χ1v) is 16.2. The summed E-state index contributed by atoms with van der Waals surface area (Å²) < 4.78 is 39.3. The average molecular weight is 601 g/mol. The lowest BCUT2D eigenvalue weighted by molar-refractivity contribution is -0.117. The number of azo groups is 1. The minimum absolute atomic E-state index is 0.0577. The predicted octanol–water partition coefficient (Wildman–Crippen LogP) is 5.00. The van der Waals surface area contributed by atoms with Gasteiger partial charge in [-0.25, -0.2) is 0 Å². The monoisotopic (exact) mass is 600 g/mol. The number of morpholine rings is 1. The second-order valence-electron chi connectivity index (χ2n) is 10.8. The molecule has 2 heterocycles. The van der Waals surface area contributed by atoms with Crippen molar-refractivity contribution < 1.29 is 32.3 Å². The van der Waals surface area contributed by atoms with Crippen LogP contribution in [0.3, 0.4) is 0 Å². The number of hydrogen-bond donors (Lipinski definition) is 2. The van der Waals surface area contributed by atoms with Crippen molar-refractivity contribution in [2.45, 2.75) is 45.1 Å². The van der Waals surface area contributed by atoms with Gasteiger partial charge in [-0.2, -0.15) is 8.42 Å². The molecule has 2 aromatic carbocycles. The molecule has 0 unspecified atom stereocenters. The van der Waals surface area contributed by atoms with Gasteiger partial charge in [-0.05, 0) is 36.5 Å². The number of hydrogen-bond acceptors (Lipinski definition) is 8. The molecule has 42 heavy (non-hydrogen) atoms. The molecule has 0 spiro atoms. The van der Waals surface area contributed by atoms with E-state index in [0.717, 1.165) is 67.9 Å². The van der Waals surface area contributed by atoms with Crippen LogP contribution in [0, 0.1) is 5.92 Å². The maximum atomic E-state index is 12.5. The normalized spacial score (nSPS) is 16.8. The molecule has 11 nitrogen and oxygen atoms in total. The maximum Gasteiger partial charge on any atom is 0.269 e. The van der Waals surface area contributed by atoms with Crippen molar-refractivity contribution in [1.29, 1.82) is 0 Å². The minimum atomic E-state index is -3.67. The van der Waals surface area contributed by atoms with Crippen LogP contribution >= 0.6 is 0 Å². The molecule has 1 saturated carbocycles. The van der Waals surface area contributed by atoms with Crippen molar-refractivity contribution in [3.63, 3.8) is 0 Å². The summed E-state index contributed by atoms with van der Waals surface area (Å²) in [5.74, 6) is 0.974. The summed E-state index contributed by atoms with van der Waals surface area (Å²) in [4.78, 5) is 14.8. The summed E-state index contributed by atoms with van der Waals surface area (Å²) in [6.07, 6.45) is 6.92. The number of rotatable bonds is 9. The van der Waals surface area contributed by atoms with Crippen molar-refractivity contribution in [3.8, 4) is 11.6 Å². The second kappa shape index (κ2) is 15.2. The van der Waals surface area contributed by atoms with Crippen molar-refractivity contribution in [2.75, 3.05) is 45.7 Å². The molecule has 2 N–H and O–H groups in total. The lowest BCUT2D eigenvalue weighted by atomic mass is 9.89. The lowest BCUT2D eigenvalue weighted by Gasteiger charge is -2.26. The molecule has 228 valence electrons. The summed E-state index contributed by atoms with van der Waals surface area (Å²) in [5.41, 5.74) is 2.08. The Morgan fingerprint density at radius 1 is 1.07 bits per heavy atom. The molecule has 1 amide bonds. The van der Waals surface area contributed by atoms with Gasteiger partial charge in [0.2, 0.25) is 5.88 Å². The molecule has 0 atom stereocenters. The molecule has 3 aromatic rings. The van der Waals surface area contributed by atoms with Crippen molar-refractivity contribution in [3.05, 3.63) is 54.1 Å². The topological polar surface area (TPSA) is 143 Å². The van der Waals surface area contributed by atoms with Crippen molar-refractivity contribution in [1.82, 2.24) is 9.47 Å². The summed E-state index contributed by atoms with van der Waals surface area (Å²) in [5, 5.41) is 20.2. The fourth-order valence-corrected chi connectivity index (χ4v) is 5.33.